The Labute approximate surface area is 71.4 Å². The van der Waals surface area contributed by atoms with Crippen molar-refractivity contribution in [2.24, 2.45) is 0 Å². The van der Waals surface area contributed by atoms with Crippen molar-refractivity contribution in [1.82, 2.24) is 4.98 Å². The summed E-state index contributed by atoms with van der Waals surface area (Å²) in [6, 6.07) is 6.57. The van der Waals surface area contributed by atoms with E-state index in [9.17, 15) is 4.39 Å². The Morgan fingerprint density at radius 3 is 2.91 bits per heavy atom. The van der Waals surface area contributed by atoms with Crippen molar-refractivity contribution in [1.29, 1.82) is 0 Å². The van der Waals surface area contributed by atoms with Crippen LogP contribution in [0.1, 0.15) is 0 Å². The molecule has 11 heavy (non-hydrogen) atoms. The van der Waals surface area contributed by atoms with Gasteiger partial charge in [0.05, 0.1) is 4.60 Å². The van der Waals surface area contributed by atoms with Crippen molar-refractivity contribution in [3.63, 3.8) is 0 Å². The van der Waals surface area contributed by atoms with Gasteiger partial charge in [-0.3, -0.25) is 0 Å². The maximum atomic E-state index is 12.6. The number of fused-ring (bicyclic) bond motifs is 1. The molecule has 0 spiro atoms. The van der Waals surface area contributed by atoms with Gasteiger partial charge in [-0.2, -0.15) is 0 Å². The van der Waals surface area contributed by atoms with Crippen LogP contribution < -0.4 is 0 Å². The Balaban J connectivity index is 2.82. The monoisotopic (exact) mass is 213 g/mol. The fourth-order valence-corrected chi connectivity index (χ4v) is 1.52. The van der Waals surface area contributed by atoms with Crippen LogP contribution in [0.3, 0.4) is 0 Å². The highest BCUT2D eigenvalue weighted by Crippen LogP contribution is 2.19. The number of hydrogen-bond donors (Lipinski definition) is 1. The summed E-state index contributed by atoms with van der Waals surface area (Å²) in [6.45, 7) is 0. The summed E-state index contributed by atoms with van der Waals surface area (Å²) in [4.78, 5) is 2.98. The molecule has 1 heterocycles. The second-order valence-electron chi connectivity index (χ2n) is 2.35. The van der Waals surface area contributed by atoms with Crippen LogP contribution in [0.5, 0.6) is 0 Å². The van der Waals surface area contributed by atoms with Crippen LogP contribution in [0.4, 0.5) is 4.39 Å². The number of aromatic nitrogens is 1. The van der Waals surface area contributed by atoms with E-state index >= 15 is 0 Å². The minimum atomic E-state index is -0.216. The molecule has 1 nitrogen and oxygen atoms in total. The average molecular weight is 214 g/mol. The zero-order valence-electron chi connectivity index (χ0n) is 5.57. The van der Waals surface area contributed by atoms with E-state index in [1.165, 1.54) is 12.1 Å². The van der Waals surface area contributed by atoms with Gasteiger partial charge in [-0.05, 0) is 40.2 Å². The lowest BCUT2D eigenvalue weighted by atomic mass is 10.2. The van der Waals surface area contributed by atoms with Gasteiger partial charge in [0.2, 0.25) is 0 Å². The van der Waals surface area contributed by atoms with Gasteiger partial charge in [-0.15, -0.1) is 0 Å². The Bertz CT molecular complexity index is 394. The van der Waals surface area contributed by atoms with Crippen LogP contribution in [0.15, 0.2) is 28.9 Å². The number of aromatic amines is 1. The molecular weight excluding hydrogens is 209 g/mol. The molecule has 0 unspecified atom stereocenters. The third kappa shape index (κ3) is 1.16. The number of rotatable bonds is 0. The Morgan fingerprint density at radius 1 is 1.27 bits per heavy atom. The molecule has 0 aliphatic heterocycles. The molecule has 56 valence electrons. The lowest BCUT2D eigenvalue weighted by Gasteiger charge is -1.87. The van der Waals surface area contributed by atoms with Gasteiger partial charge in [0.25, 0.3) is 0 Å². The first kappa shape index (κ1) is 6.85. The molecular formula is C8H5BrFN. The van der Waals surface area contributed by atoms with E-state index in [4.69, 9.17) is 0 Å². The van der Waals surface area contributed by atoms with E-state index in [0.717, 1.165) is 15.5 Å². The van der Waals surface area contributed by atoms with Crippen LogP contribution in [0, 0.1) is 5.82 Å². The Kier molecular flexibility index (Phi) is 1.46. The maximum absolute atomic E-state index is 12.6. The molecule has 0 bridgehead atoms. The third-order valence-electron chi connectivity index (χ3n) is 1.55. The van der Waals surface area contributed by atoms with Crippen molar-refractivity contribution in [2.45, 2.75) is 0 Å². The minimum absolute atomic E-state index is 0.216. The van der Waals surface area contributed by atoms with Crippen LogP contribution in [-0.4, -0.2) is 4.98 Å². The second-order valence-corrected chi connectivity index (χ2v) is 3.20. The molecule has 0 saturated heterocycles. The van der Waals surface area contributed by atoms with Crippen molar-refractivity contribution in [3.05, 3.63) is 34.7 Å². The smallest absolute Gasteiger partial charge is 0.125 e. The van der Waals surface area contributed by atoms with E-state index in [2.05, 4.69) is 20.9 Å². The number of benzene rings is 1. The summed E-state index contributed by atoms with van der Waals surface area (Å²) < 4.78 is 13.5. The molecule has 0 saturated carbocycles. The summed E-state index contributed by atoms with van der Waals surface area (Å²) in [5, 5.41) is 1.01. The van der Waals surface area contributed by atoms with Gasteiger partial charge in [0, 0.05) is 10.9 Å². The average Bonchev–Trinajstić information content (AvgIpc) is 2.27. The van der Waals surface area contributed by atoms with Gasteiger partial charge < -0.3 is 4.98 Å². The molecule has 1 N–H and O–H groups in total. The molecule has 1 aromatic heterocycles. The molecule has 0 aliphatic carbocycles. The highest BCUT2D eigenvalue weighted by atomic mass is 79.9. The molecule has 0 atom stereocenters. The maximum Gasteiger partial charge on any atom is 0.125 e. The van der Waals surface area contributed by atoms with Gasteiger partial charge in [0.15, 0.2) is 0 Å². The van der Waals surface area contributed by atoms with Gasteiger partial charge in [0.1, 0.15) is 5.82 Å². The lowest BCUT2D eigenvalue weighted by molar-refractivity contribution is 0.629. The summed E-state index contributed by atoms with van der Waals surface area (Å²) in [6.07, 6.45) is 0. The van der Waals surface area contributed by atoms with Crippen LogP contribution >= 0.6 is 15.9 Å². The standard InChI is InChI=1S/C8H5BrFN/c9-8-3-5-1-2-6(10)4-7(5)11-8/h1-4,11H. The summed E-state index contributed by atoms with van der Waals surface area (Å²) >= 11 is 3.27. The lowest BCUT2D eigenvalue weighted by Crippen LogP contribution is -1.71. The molecule has 1 aromatic carbocycles. The number of nitrogens with one attached hydrogen (secondary N) is 1. The van der Waals surface area contributed by atoms with E-state index in [1.54, 1.807) is 6.07 Å². The largest absolute Gasteiger partial charge is 0.349 e. The summed E-state index contributed by atoms with van der Waals surface area (Å²) in [7, 11) is 0. The Hall–Kier alpha value is -0.830. The van der Waals surface area contributed by atoms with Crippen LogP contribution in [0.2, 0.25) is 0 Å². The molecule has 2 aromatic rings. The number of hydrogen-bond acceptors (Lipinski definition) is 0. The number of halogens is 2. The van der Waals surface area contributed by atoms with E-state index < -0.39 is 0 Å². The normalized spacial score (nSPS) is 10.7. The highest BCUT2D eigenvalue weighted by Gasteiger charge is 1.98. The fraction of sp³-hybridized carbons (Fsp3) is 0. The third-order valence-corrected chi connectivity index (χ3v) is 1.98. The predicted octanol–water partition coefficient (Wildman–Crippen LogP) is 3.07. The van der Waals surface area contributed by atoms with Gasteiger partial charge in [-0.25, -0.2) is 4.39 Å². The molecule has 3 heteroatoms. The van der Waals surface area contributed by atoms with Crippen molar-refractivity contribution >= 4 is 26.8 Å². The minimum Gasteiger partial charge on any atom is -0.349 e. The second kappa shape index (κ2) is 2.34. The number of H-pyrrole nitrogens is 1. The van der Waals surface area contributed by atoms with Gasteiger partial charge >= 0.3 is 0 Å². The predicted molar refractivity (Wildman–Crippen MR) is 46.0 cm³/mol. The molecule has 0 aliphatic rings. The van der Waals surface area contributed by atoms with E-state index in [1.807, 2.05) is 6.07 Å². The zero-order chi connectivity index (χ0) is 7.84. The van der Waals surface area contributed by atoms with Crippen LogP contribution in [-0.2, 0) is 0 Å². The zero-order valence-corrected chi connectivity index (χ0v) is 7.15. The first-order chi connectivity index (χ1) is 5.25. The topological polar surface area (TPSA) is 15.8 Å². The fourth-order valence-electron chi connectivity index (χ4n) is 1.06. The van der Waals surface area contributed by atoms with Crippen LogP contribution in [0.25, 0.3) is 10.9 Å². The van der Waals surface area contributed by atoms with Gasteiger partial charge in [-0.1, -0.05) is 0 Å². The summed E-state index contributed by atoms with van der Waals surface area (Å²) in [5.74, 6) is -0.216. The molecule has 0 amide bonds. The molecule has 2 rings (SSSR count). The van der Waals surface area contributed by atoms with Crippen molar-refractivity contribution in [2.75, 3.05) is 0 Å². The first-order valence-electron chi connectivity index (χ1n) is 3.19. The van der Waals surface area contributed by atoms with Crippen molar-refractivity contribution < 1.29 is 4.39 Å². The summed E-state index contributed by atoms with van der Waals surface area (Å²) in [5.41, 5.74) is 0.817. The van der Waals surface area contributed by atoms with E-state index in [-0.39, 0.29) is 5.82 Å². The first-order valence-corrected chi connectivity index (χ1v) is 3.99. The van der Waals surface area contributed by atoms with Crippen molar-refractivity contribution in [3.8, 4) is 0 Å². The SMILES string of the molecule is Fc1ccc2cc(Br)[nH]c2c1. The molecule has 0 fully saturated rings. The Morgan fingerprint density at radius 2 is 2.09 bits per heavy atom. The quantitative estimate of drug-likeness (QED) is 0.693. The molecule has 0 radical (unpaired) electrons. The van der Waals surface area contributed by atoms with E-state index in [0.29, 0.717) is 0 Å². The highest BCUT2D eigenvalue weighted by molar-refractivity contribution is 9.10.